The number of anilines is 1. The van der Waals surface area contributed by atoms with E-state index >= 15 is 0 Å². The molecule has 0 aromatic heterocycles. The highest BCUT2D eigenvalue weighted by atomic mass is 16.4. The Labute approximate surface area is 106 Å². The summed E-state index contributed by atoms with van der Waals surface area (Å²) < 4.78 is 0. The van der Waals surface area contributed by atoms with Crippen LogP contribution in [-0.4, -0.2) is 35.0 Å². The molecule has 0 heterocycles. The van der Waals surface area contributed by atoms with Gasteiger partial charge in [-0.05, 0) is 26.0 Å². The van der Waals surface area contributed by atoms with Crippen molar-refractivity contribution < 1.29 is 14.7 Å². The summed E-state index contributed by atoms with van der Waals surface area (Å²) in [6, 6.07) is 5.24. The molecule has 0 aliphatic rings. The number of aliphatic carboxylic acids is 1. The molecule has 0 atom stereocenters. The zero-order valence-corrected chi connectivity index (χ0v) is 10.6. The molecular weight excluding hydrogens is 232 g/mol. The minimum absolute atomic E-state index is 0.0642. The predicted octanol–water partition coefficient (Wildman–Crippen LogP) is 1.51. The van der Waals surface area contributed by atoms with Crippen LogP contribution in [0.2, 0.25) is 0 Å². The second-order valence-corrected chi connectivity index (χ2v) is 4.12. The van der Waals surface area contributed by atoms with Crippen LogP contribution in [0.5, 0.6) is 0 Å². The van der Waals surface area contributed by atoms with E-state index in [4.69, 9.17) is 10.8 Å². The van der Waals surface area contributed by atoms with Gasteiger partial charge in [0.1, 0.15) is 0 Å². The number of aryl methyl sites for hydroxylation is 1. The summed E-state index contributed by atoms with van der Waals surface area (Å²) in [6.07, 6.45) is -0.0642. The van der Waals surface area contributed by atoms with Gasteiger partial charge in [-0.15, -0.1) is 0 Å². The standard InChI is InChI=1S/C13H18N2O3/c1-3-15(7-6-12(16)17)13(18)10-8-9(2)4-5-11(10)14/h4-5,8H,3,6-7,14H2,1-2H3,(H,16,17). The van der Waals surface area contributed by atoms with E-state index in [1.165, 1.54) is 4.90 Å². The molecule has 1 rings (SSSR count). The number of carboxylic acid groups (broad SMARTS) is 1. The van der Waals surface area contributed by atoms with E-state index in [-0.39, 0.29) is 18.9 Å². The predicted molar refractivity (Wildman–Crippen MR) is 69.4 cm³/mol. The lowest BCUT2D eigenvalue weighted by Gasteiger charge is -2.21. The fourth-order valence-electron chi connectivity index (χ4n) is 1.66. The first kappa shape index (κ1) is 14.0. The number of benzene rings is 1. The van der Waals surface area contributed by atoms with Gasteiger partial charge in [0.25, 0.3) is 5.91 Å². The molecule has 5 heteroatoms. The lowest BCUT2D eigenvalue weighted by Crippen LogP contribution is -2.33. The molecule has 0 spiro atoms. The highest BCUT2D eigenvalue weighted by molar-refractivity contribution is 5.99. The van der Waals surface area contributed by atoms with Crippen LogP contribution in [0.1, 0.15) is 29.3 Å². The smallest absolute Gasteiger partial charge is 0.305 e. The third-order valence-electron chi connectivity index (χ3n) is 2.70. The van der Waals surface area contributed by atoms with E-state index in [1.54, 1.807) is 12.1 Å². The molecule has 18 heavy (non-hydrogen) atoms. The number of amides is 1. The van der Waals surface area contributed by atoms with Gasteiger partial charge < -0.3 is 15.7 Å². The summed E-state index contributed by atoms with van der Waals surface area (Å²) >= 11 is 0. The van der Waals surface area contributed by atoms with Crippen LogP contribution in [0, 0.1) is 6.92 Å². The topological polar surface area (TPSA) is 83.6 Å². The molecule has 0 bridgehead atoms. The number of rotatable bonds is 5. The Bertz CT molecular complexity index is 458. The average Bonchev–Trinajstić information content (AvgIpc) is 2.32. The van der Waals surface area contributed by atoms with Crippen LogP contribution in [-0.2, 0) is 4.79 Å². The van der Waals surface area contributed by atoms with E-state index < -0.39 is 5.97 Å². The minimum Gasteiger partial charge on any atom is -0.481 e. The van der Waals surface area contributed by atoms with Crippen molar-refractivity contribution in [1.82, 2.24) is 4.90 Å². The van der Waals surface area contributed by atoms with Gasteiger partial charge in [-0.1, -0.05) is 11.6 Å². The van der Waals surface area contributed by atoms with Crippen LogP contribution >= 0.6 is 0 Å². The first-order valence-corrected chi connectivity index (χ1v) is 5.83. The van der Waals surface area contributed by atoms with Crippen molar-refractivity contribution in [1.29, 1.82) is 0 Å². The van der Waals surface area contributed by atoms with Crippen molar-refractivity contribution in [2.24, 2.45) is 0 Å². The van der Waals surface area contributed by atoms with Crippen LogP contribution in [0.3, 0.4) is 0 Å². The number of nitrogens with zero attached hydrogens (tertiary/aromatic N) is 1. The van der Waals surface area contributed by atoms with E-state index in [9.17, 15) is 9.59 Å². The Kier molecular flexibility index (Phi) is 4.71. The molecule has 0 saturated heterocycles. The summed E-state index contributed by atoms with van der Waals surface area (Å²) in [5, 5.41) is 8.65. The Morgan fingerprint density at radius 3 is 2.61 bits per heavy atom. The molecule has 98 valence electrons. The average molecular weight is 250 g/mol. The van der Waals surface area contributed by atoms with E-state index in [0.29, 0.717) is 17.8 Å². The first-order valence-electron chi connectivity index (χ1n) is 5.83. The Morgan fingerprint density at radius 1 is 1.39 bits per heavy atom. The second-order valence-electron chi connectivity index (χ2n) is 4.12. The number of carbonyl (C=O) groups excluding carboxylic acids is 1. The monoisotopic (exact) mass is 250 g/mol. The summed E-state index contributed by atoms with van der Waals surface area (Å²) in [6.45, 7) is 4.34. The normalized spacial score (nSPS) is 10.1. The lowest BCUT2D eigenvalue weighted by atomic mass is 10.1. The maximum atomic E-state index is 12.2. The zero-order chi connectivity index (χ0) is 13.7. The second kappa shape index (κ2) is 6.05. The zero-order valence-electron chi connectivity index (χ0n) is 10.6. The number of hydrogen-bond acceptors (Lipinski definition) is 3. The van der Waals surface area contributed by atoms with Gasteiger partial charge in [-0.25, -0.2) is 0 Å². The largest absolute Gasteiger partial charge is 0.481 e. The summed E-state index contributed by atoms with van der Waals surface area (Å²) in [5.41, 5.74) is 7.57. The van der Waals surface area contributed by atoms with Gasteiger partial charge in [0, 0.05) is 18.8 Å². The Hall–Kier alpha value is -2.04. The SMILES string of the molecule is CCN(CCC(=O)O)C(=O)c1cc(C)ccc1N. The number of carbonyl (C=O) groups is 2. The van der Waals surface area contributed by atoms with Crippen molar-refractivity contribution in [3.8, 4) is 0 Å². The fraction of sp³-hybridized carbons (Fsp3) is 0.385. The maximum absolute atomic E-state index is 12.2. The number of hydrogen-bond donors (Lipinski definition) is 2. The Morgan fingerprint density at radius 2 is 2.06 bits per heavy atom. The Balaban J connectivity index is 2.89. The molecule has 3 N–H and O–H groups in total. The van der Waals surface area contributed by atoms with Gasteiger partial charge in [-0.2, -0.15) is 0 Å². The number of nitrogens with two attached hydrogens (primary N) is 1. The van der Waals surface area contributed by atoms with E-state index in [2.05, 4.69) is 0 Å². The summed E-state index contributed by atoms with van der Waals surface area (Å²) in [4.78, 5) is 24.2. The van der Waals surface area contributed by atoms with Crippen LogP contribution in [0.25, 0.3) is 0 Å². The van der Waals surface area contributed by atoms with Crippen LogP contribution < -0.4 is 5.73 Å². The van der Waals surface area contributed by atoms with Crippen molar-refractivity contribution in [2.45, 2.75) is 20.3 Å². The summed E-state index contributed by atoms with van der Waals surface area (Å²) in [5.74, 6) is -1.14. The molecule has 1 aromatic carbocycles. The first-order chi connectivity index (χ1) is 8.45. The van der Waals surface area contributed by atoms with E-state index in [0.717, 1.165) is 5.56 Å². The third-order valence-corrected chi connectivity index (χ3v) is 2.70. The van der Waals surface area contributed by atoms with Gasteiger partial charge in [0.15, 0.2) is 0 Å². The van der Waals surface area contributed by atoms with Crippen molar-refractivity contribution in [3.63, 3.8) is 0 Å². The minimum atomic E-state index is -0.918. The van der Waals surface area contributed by atoms with Gasteiger partial charge in [0.2, 0.25) is 0 Å². The number of nitrogen functional groups attached to an aromatic ring is 1. The highest BCUT2D eigenvalue weighted by Crippen LogP contribution is 2.16. The quantitative estimate of drug-likeness (QED) is 0.776. The number of carboxylic acids is 1. The van der Waals surface area contributed by atoms with Gasteiger partial charge in [0.05, 0.1) is 12.0 Å². The highest BCUT2D eigenvalue weighted by Gasteiger charge is 2.17. The molecule has 0 radical (unpaired) electrons. The lowest BCUT2D eigenvalue weighted by molar-refractivity contribution is -0.137. The third kappa shape index (κ3) is 3.48. The van der Waals surface area contributed by atoms with Gasteiger partial charge in [-0.3, -0.25) is 9.59 Å². The molecule has 1 aromatic rings. The van der Waals surface area contributed by atoms with E-state index in [1.807, 2.05) is 19.9 Å². The molecule has 1 amide bonds. The molecule has 0 unspecified atom stereocenters. The molecule has 0 aliphatic carbocycles. The summed E-state index contributed by atoms with van der Waals surface area (Å²) in [7, 11) is 0. The fourth-order valence-corrected chi connectivity index (χ4v) is 1.66. The molecule has 0 aliphatic heterocycles. The maximum Gasteiger partial charge on any atom is 0.305 e. The molecule has 5 nitrogen and oxygen atoms in total. The van der Waals surface area contributed by atoms with Crippen molar-refractivity contribution in [3.05, 3.63) is 29.3 Å². The van der Waals surface area contributed by atoms with Crippen LogP contribution in [0.4, 0.5) is 5.69 Å². The van der Waals surface area contributed by atoms with Gasteiger partial charge >= 0.3 is 5.97 Å². The molecular formula is C13H18N2O3. The van der Waals surface area contributed by atoms with Crippen LogP contribution in [0.15, 0.2) is 18.2 Å². The molecule has 0 fully saturated rings. The van der Waals surface area contributed by atoms with Crippen molar-refractivity contribution in [2.75, 3.05) is 18.8 Å². The molecule has 0 saturated carbocycles. The van der Waals surface area contributed by atoms with Crippen molar-refractivity contribution >= 4 is 17.6 Å².